The third-order valence-corrected chi connectivity index (χ3v) is 2.68. The van der Waals surface area contributed by atoms with Crippen molar-refractivity contribution < 1.29 is 9.53 Å². The number of aromatic amines is 1. The Bertz CT molecular complexity index is 563. The molecule has 0 unspecified atom stereocenters. The van der Waals surface area contributed by atoms with Gasteiger partial charge in [0.15, 0.2) is 0 Å². The summed E-state index contributed by atoms with van der Waals surface area (Å²) >= 11 is 5.85. The quantitative estimate of drug-likeness (QED) is 0.659. The molecule has 2 aromatic rings. The Morgan fingerprint density at radius 3 is 2.94 bits per heavy atom. The summed E-state index contributed by atoms with van der Waals surface area (Å²) in [5.74, 6) is -0.394. The maximum Gasteiger partial charge on any atom is 0.354 e. The molecule has 2 heterocycles. The van der Waals surface area contributed by atoms with E-state index < -0.39 is 5.97 Å². The first-order chi connectivity index (χ1) is 8.11. The van der Waals surface area contributed by atoms with Gasteiger partial charge >= 0.3 is 5.97 Å². The molecule has 0 aliphatic heterocycles. The van der Waals surface area contributed by atoms with Crippen molar-refractivity contribution in [3.63, 3.8) is 0 Å². The van der Waals surface area contributed by atoms with Gasteiger partial charge in [-0.2, -0.15) is 0 Å². The van der Waals surface area contributed by atoms with E-state index in [0.29, 0.717) is 10.8 Å². The van der Waals surface area contributed by atoms with Crippen LogP contribution in [0.1, 0.15) is 16.1 Å². The summed E-state index contributed by atoms with van der Waals surface area (Å²) in [6.07, 6.45) is 3.44. The number of ether oxygens (including phenoxy) is 1. The third kappa shape index (κ3) is 2.31. The second kappa shape index (κ2) is 4.59. The average Bonchev–Trinajstić information content (AvgIpc) is 2.80. The number of H-pyrrole nitrogens is 1. The van der Waals surface area contributed by atoms with Gasteiger partial charge in [-0.15, -0.1) is 0 Å². The number of carbonyl (C=O) groups excluding carboxylic acids is 1. The number of hydrogen-bond acceptors (Lipinski definition) is 3. The maximum absolute atomic E-state index is 11.3. The van der Waals surface area contributed by atoms with Crippen LogP contribution in [0.2, 0.25) is 5.15 Å². The predicted octanol–water partition coefficient (Wildman–Crippen LogP) is 2.83. The van der Waals surface area contributed by atoms with E-state index in [1.165, 1.54) is 7.11 Å². The molecular weight excluding hydrogens is 240 g/mol. The van der Waals surface area contributed by atoms with Gasteiger partial charge in [0.25, 0.3) is 0 Å². The van der Waals surface area contributed by atoms with E-state index in [1.54, 1.807) is 24.5 Å². The van der Waals surface area contributed by atoms with Crippen LogP contribution in [0.3, 0.4) is 0 Å². The molecule has 0 aliphatic rings. The van der Waals surface area contributed by atoms with Crippen molar-refractivity contribution in [3.05, 3.63) is 40.9 Å². The monoisotopic (exact) mass is 250 g/mol. The number of aromatic nitrogens is 2. The Balaban J connectivity index is 2.43. The lowest BCUT2D eigenvalue weighted by atomic mass is 10.1. The van der Waals surface area contributed by atoms with Crippen LogP contribution in [0.5, 0.6) is 0 Å². The minimum Gasteiger partial charge on any atom is -0.464 e. The van der Waals surface area contributed by atoms with Gasteiger partial charge < -0.3 is 9.72 Å². The van der Waals surface area contributed by atoms with Crippen molar-refractivity contribution >= 4 is 17.6 Å². The van der Waals surface area contributed by atoms with Crippen molar-refractivity contribution in [2.75, 3.05) is 7.11 Å². The first-order valence-corrected chi connectivity index (χ1v) is 5.39. The summed E-state index contributed by atoms with van der Waals surface area (Å²) in [4.78, 5) is 18.2. The van der Waals surface area contributed by atoms with Crippen molar-refractivity contribution in [2.45, 2.75) is 6.92 Å². The zero-order chi connectivity index (χ0) is 12.4. The lowest BCUT2D eigenvalue weighted by Crippen LogP contribution is -2.00. The molecule has 0 saturated carbocycles. The fourth-order valence-corrected chi connectivity index (χ4v) is 1.74. The number of nitrogens with zero attached hydrogens (tertiary/aromatic N) is 1. The van der Waals surface area contributed by atoms with Crippen LogP contribution in [0.25, 0.3) is 11.1 Å². The van der Waals surface area contributed by atoms with Gasteiger partial charge in [-0.3, -0.25) is 0 Å². The molecule has 1 N–H and O–H groups in total. The molecule has 4 nitrogen and oxygen atoms in total. The van der Waals surface area contributed by atoms with E-state index >= 15 is 0 Å². The van der Waals surface area contributed by atoms with Crippen molar-refractivity contribution in [1.29, 1.82) is 0 Å². The summed E-state index contributed by atoms with van der Waals surface area (Å²) in [5, 5.41) is 0.423. The largest absolute Gasteiger partial charge is 0.464 e. The van der Waals surface area contributed by atoms with Crippen LogP contribution in [0.15, 0.2) is 24.5 Å². The molecule has 2 aromatic heterocycles. The van der Waals surface area contributed by atoms with Gasteiger partial charge in [0.2, 0.25) is 0 Å². The predicted molar refractivity (Wildman–Crippen MR) is 65.1 cm³/mol. The number of halogens is 1. The molecule has 2 rings (SSSR count). The maximum atomic E-state index is 11.3. The SMILES string of the molecule is COC(=O)c1cc(-c2cc(Cl)ncc2C)c[nH]1. The molecule has 5 heteroatoms. The van der Waals surface area contributed by atoms with Crippen LogP contribution in [-0.4, -0.2) is 23.0 Å². The molecule has 0 amide bonds. The van der Waals surface area contributed by atoms with Crippen molar-refractivity contribution in [3.8, 4) is 11.1 Å². The first kappa shape index (κ1) is 11.7. The second-order valence-electron chi connectivity index (χ2n) is 3.62. The highest BCUT2D eigenvalue weighted by Gasteiger charge is 2.11. The number of aryl methyl sites for hydroxylation is 1. The fourth-order valence-electron chi connectivity index (χ4n) is 1.59. The highest BCUT2D eigenvalue weighted by molar-refractivity contribution is 6.29. The van der Waals surface area contributed by atoms with Crippen LogP contribution in [0.4, 0.5) is 0 Å². The Hall–Kier alpha value is -1.81. The Kier molecular flexibility index (Phi) is 3.15. The molecule has 0 saturated heterocycles. The average molecular weight is 251 g/mol. The second-order valence-corrected chi connectivity index (χ2v) is 4.00. The lowest BCUT2D eigenvalue weighted by Gasteiger charge is -2.02. The normalized spacial score (nSPS) is 10.3. The van der Waals surface area contributed by atoms with Crippen LogP contribution >= 0.6 is 11.6 Å². The molecule has 0 spiro atoms. The number of nitrogens with one attached hydrogen (secondary N) is 1. The molecule has 0 aromatic carbocycles. The summed E-state index contributed by atoms with van der Waals surface area (Å²) in [6.45, 7) is 1.93. The first-order valence-electron chi connectivity index (χ1n) is 5.01. The van der Waals surface area contributed by atoms with E-state index in [-0.39, 0.29) is 0 Å². The molecular formula is C12H11ClN2O2. The van der Waals surface area contributed by atoms with Crippen LogP contribution < -0.4 is 0 Å². The van der Waals surface area contributed by atoms with E-state index in [4.69, 9.17) is 11.6 Å². The molecule has 0 aliphatic carbocycles. The van der Waals surface area contributed by atoms with Gasteiger partial charge in [-0.1, -0.05) is 11.6 Å². The summed E-state index contributed by atoms with van der Waals surface area (Å²) in [7, 11) is 1.34. The number of methoxy groups -OCH3 is 1. The number of hydrogen-bond donors (Lipinski definition) is 1. The summed E-state index contributed by atoms with van der Waals surface area (Å²) < 4.78 is 4.63. The van der Waals surface area contributed by atoms with E-state index in [9.17, 15) is 4.79 Å². The smallest absolute Gasteiger partial charge is 0.354 e. The van der Waals surface area contributed by atoms with Gasteiger partial charge in [0, 0.05) is 18.0 Å². The number of pyridine rings is 1. The fraction of sp³-hybridized carbons (Fsp3) is 0.167. The van der Waals surface area contributed by atoms with Crippen molar-refractivity contribution in [1.82, 2.24) is 9.97 Å². The highest BCUT2D eigenvalue weighted by atomic mass is 35.5. The summed E-state index contributed by atoms with van der Waals surface area (Å²) in [5.41, 5.74) is 3.23. The molecule has 0 fully saturated rings. The molecule has 0 radical (unpaired) electrons. The third-order valence-electron chi connectivity index (χ3n) is 2.47. The standard InChI is InChI=1S/C12H11ClN2O2/c1-7-5-15-11(13)4-9(7)8-3-10(14-6-8)12(16)17-2/h3-6,14H,1-2H3. The highest BCUT2D eigenvalue weighted by Crippen LogP contribution is 2.25. The number of esters is 1. The Labute approximate surface area is 104 Å². The topological polar surface area (TPSA) is 55.0 Å². The zero-order valence-electron chi connectivity index (χ0n) is 9.45. The Morgan fingerprint density at radius 1 is 1.47 bits per heavy atom. The molecule has 0 bridgehead atoms. The van der Waals surface area contributed by atoms with Gasteiger partial charge in [0.05, 0.1) is 7.11 Å². The Morgan fingerprint density at radius 2 is 2.24 bits per heavy atom. The van der Waals surface area contributed by atoms with Crippen LogP contribution in [0, 0.1) is 6.92 Å². The van der Waals surface area contributed by atoms with Gasteiger partial charge in [-0.05, 0) is 30.2 Å². The van der Waals surface area contributed by atoms with E-state index in [0.717, 1.165) is 16.7 Å². The zero-order valence-corrected chi connectivity index (χ0v) is 10.2. The molecule has 0 atom stereocenters. The number of carbonyl (C=O) groups is 1. The summed E-state index contributed by atoms with van der Waals surface area (Å²) in [6, 6.07) is 3.49. The lowest BCUT2D eigenvalue weighted by molar-refractivity contribution is 0.0595. The van der Waals surface area contributed by atoms with Crippen molar-refractivity contribution in [2.24, 2.45) is 0 Å². The molecule has 88 valence electrons. The number of rotatable bonds is 2. The van der Waals surface area contributed by atoms with Crippen LogP contribution in [-0.2, 0) is 4.74 Å². The molecule has 17 heavy (non-hydrogen) atoms. The van der Waals surface area contributed by atoms with Gasteiger partial charge in [-0.25, -0.2) is 9.78 Å². The van der Waals surface area contributed by atoms with E-state index in [1.807, 2.05) is 6.92 Å². The minimum absolute atomic E-state index is 0.394. The minimum atomic E-state index is -0.394. The van der Waals surface area contributed by atoms with Gasteiger partial charge in [0.1, 0.15) is 10.8 Å². The van der Waals surface area contributed by atoms with E-state index in [2.05, 4.69) is 14.7 Å².